The van der Waals surface area contributed by atoms with E-state index in [-0.39, 0.29) is 27.1 Å². The molecule has 0 amide bonds. The van der Waals surface area contributed by atoms with Gasteiger partial charge in [0.2, 0.25) is 0 Å². The lowest BCUT2D eigenvalue weighted by molar-refractivity contribution is 0.564. The van der Waals surface area contributed by atoms with Crippen LogP contribution in [0.5, 0.6) is 0 Å². The molecule has 0 atom stereocenters. The number of aliphatic imine (C=N–C) groups is 2. The molecule has 0 radical (unpaired) electrons. The van der Waals surface area contributed by atoms with Crippen LogP contribution in [0.1, 0.15) is 182 Å². The van der Waals surface area contributed by atoms with Crippen LogP contribution < -0.4 is 0 Å². The van der Waals surface area contributed by atoms with Crippen LogP contribution in [0.2, 0.25) is 0 Å². The molecule has 0 bridgehead atoms. The molecule has 65 heavy (non-hydrogen) atoms. The molecule has 5 aromatic rings. The van der Waals surface area contributed by atoms with Gasteiger partial charge in [-0.15, -0.1) is 0 Å². The van der Waals surface area contributed by atoms with E-state index >= 15 is 0 Å². The first-order valence-electron chi connectivity index (χ1n) is 23.4. The highest BCUT2D eigenvalue weighted by Crippen LogP contribution is 2.35. The third-order valence-electron chi connectivity index (χ3n) is 12.0. The number of fused-ring (bicyclic) bond motifs is 5. The summed E-state index contributed by atoms with van der Waals surface area (Å²) in [4.78, 5) is 30.1. The Kier molecular flexibility index (Phi) is 14.6. The summed E-state index contributed by atoms with van der Waals surface area (Å²) < 4.78 is 0. The van der Waals surface area contributed by atoms with Crippen molar-refractivity contribution in [2.45, 2.75) is 163 Å². The molecule has 3 aromatic heterocycles. The zero-order chi connectivity index (χ0) is 47.4. The van der Waals surface area contributed by atoms with E-state index in [1.165, 1.54) is 61.5 Å². The van der Waals surface area contributed by atoms with E-state index in [0.29, 0.717) is 0 Å². The van der Waals surface area contributed by atoms with E-state index in [1.807, 2.05) is 18.6 Å². The van der Waals surface area contributed by atoms with Crippen molar-refractivity contribution in [3.05, 3.63) is 158 Å². The highest BCUT2D eigenvalue weighted by molar-refractivity contribution is 5.87. The van der Waals surface area contributed by atoms with Crippen molar-refractivity contribution < 1.29 is 0 Å². The summed E-state index contributed by atoms with van der Waals surface area (Å²) in [5.74, 6) is 0. The fraction of sp³-hybridized carbons (Fsp3) is 0.431. The zero-order valence-corrected chi connectivity index (χ0v) is 42.1. The quantitative estimate of drug-likeness (QED) is 0.155. The van der Waals surface area contributed by atoms with Gasteiger partial charge < -0.3 is 0 Å². The summed E-state index contributed by atoms with van der Waals surface area (Å²) in [6.07, 6.45) is 26.2. The molecule has 3 aliphatic carbocycles. The predicted molar refractivity (Wildman–Crippen MR) is 276 cm³/mol. The first-order chi connectivity index (χ1) is 30.4. The van der Waals surface area contributed by atoms with Gasteiger partial charge in [-0.3, -0.25) is 15.0 Å². The lowest BCUT2D eigenvalue weighted by Crippen LogP contribution is -2.16. The van der Waals surface area contributed by atoms with Gasteiger partial charge in [-0.05, 0) is 67.7 Å². The van der Waals surface area contributed by atoms with Gasteiger partial charge in [0.05, 0.1) is 35.0 Å². The van der Waals surface area contributed by atoms with E-state index in [1.54, 1.807) is 12.7 Å². The molecule has 5 aliphatic rings. The molecule has 0 N–H and O–H groups in total. The molecule has 2 aliphatic heterocycles. The maximum absolute atomic E-state index is 4.37. The Bertz CT molecular complexity index is 2210. The maximum atomic E-state index is 4.37. The van der Waals surface area contributed by atoms with Crippen molar-refractivity contribution in [2.75, 3.05) is 0 Å². The van der Waals surface area contributed by atoms with Gasteiger partial charge in [0.1, 0.15) is 18.3 Å². The first kappa shape index (κ1) is 48.8. The SMILES string of the molecule is CC(C)(C)c1cccc2c1C=CC2.CC(C)(C)c1cccc2c1C=NC2.CC(C)(C)c1ccnc2c1C=CC2.CC(C)(C)c1ncnc2c1C=CC2.CC(C)(C)c1ncnc2c1N=CC2. The topological polar surface area (TPSA) is 89.2 Å². The fourth-order valence-corrected chi connectivity index (χ4v) is 8.67. The van der Waals surface area contributed by atoms with Crippen molar-refractivity contribution in [1.29, 1.82) is 0 Å². The van der Waals surface area contributed by atoms with Gasteiger partial charge in [0.15, 0.2) is 0 Å². The normalized spacial score (nSPS) is 14.7. The minimum Gasteiger partial charge on any atom is -0.288 e. The third-order valence-corrected chi connectivity index (χ3v) is 12.0. The van der Waals surface area contributed by atoms with E-state index < -0.39 is 0 Å². The van der Waals surface area contributed by atoms with Crippen molar-refractivity contribution in [1.82, 2.24) is 24.9 Å². The molecule has 0 fully saturated rings. The van der Waals surface area contributed by atoms with E-state index in [2.05, 4.69) is 218 Å². The molecule has 0 saturated carbocycles. The minimum atomic E-state index is 0.0503. The second-order valence-corrected chi connectivity index (χ2v) is 22.6. The summed E-state index contributed by atoms with van der Waals surface area (Å²) in [5, 5.41) is 0. The Morgan fingerprint density at radius 2 is 0.923 bits per heavy atom. The molecule has 7 heteroatoms. The maximum Gasteiger partial charge on any atom is 0.116 e. The van der Waals surface area contributed by atoms with Crippen LogP contribution in [-0.2, 0) is 59.3 Å². The number of nitrogens with zero attached hydrogens (tertiary/aromatic N) is 7. The largest absolute Gasteiger partial charge is 0.288 e. The Hall–Kier alpha value is -5.69. The molecular formula is C58H73N7. The standard InChI is InChI=1S/C13H16.2C12H15N.C11H14N2.C10H13N3/c1-13(2,3)12-9-5-7-10-6-4-8-11(10)12;1-12(2,3)11-6-4-5-9-7-13-8-10(9)11;1-12(2,3)10-7-8-13-11-6-4-5-9(10)11;1-11(2,3)10-8-5-4-6-9(8)12-7-13-10;1-10(2,3)9-8-7(4-5-11-8)12-6-13-9/h4-5,7-9H,6H2,1-3H3;4-6,8H,7H2,1-3H3;4-5,7-8H,6H2,1-3H3;4-5,7H,6H2,1-3H3;5-6H,4H2,1-3H3. The molecular weight excluding hydrogens is 795 g/mol. The molecule has 5 heterocycles. The van der Waals surface area contributed by atoms with E-state index in [9.17, 15) is 0 Å². The van der Waals surface area contributed by atoms with Crippen molar-refractivity contribution >= 4 is 36.3 Å². The van der Waals surface area contributed by atoms with Crippen LogP contribution in [0.25, 0.3) is 18.2 Å². The highest BCUT2D eigenvalue weighted by Gasteiger charge is 2.26. The third kappa shape index (κ3) is 12.0. The van der Waals surface area contributed by atoms with Crippen LogP contribution in [-0.4, -0.2) is 37.3 Å². The predicted octanol–water partition coefficient (Wildman–Crippen LogP) is 13.8. The number of hydrogen-bond donors (Lipinski definition) is 0. The lowest BCUT2D eigenvalue weighted by Gasteiger charge is -2.22. The summed E-state index contributed by atoms with van der Waals surface area (Å²) >= 11 is 0. The van der Waals surface area contributed by atoms with Crippen LogP contribution in [0, 0.1) is 0 Å². The van der Waals surface area contributed by atoms with Crippen LogP contribution in [0.3, 0.4) is 0 Å². The molecule has 7 nitrogen and oxygen atoms in total. The summed E-state index contributed by atoms with van der Waals surface area (Å²) in [6, 6.07) is 15.3. The summed E-state index contributed by atoms with van der Waals surface area (Å²) in [7, 11) is 0. The number of aromatic nitrogens is 5. The molecule has 0 unspecified atom stereocenters. The molecule has 10 rings (SSSR count). The number of pyridine rings is 1. The smallest absolute Gasteiger partial charge is 0.116 e. The van der Waals surface area contributed by atoms with Crippen LogP contribution in [0.15, 0.2) is 89.5 Å². The molecule has 2 aromatic carbocycles. The van der Waals surface area contributed by atoms with Gasteiger partial charge in [0.25, 0.3) is 0 Å². The van der Waals surface area contributed by atoms with Crippen molar-refractivity contribution in [2.24, 2.45) is 9.98 Å². The number of allylic oxidation sites excluding steroid dienone is 3. The summed E-state index contributed by atoms with van der Waals surface area (Å²) in [6.45, 7) is 34.1. The van der Waals surface area contributed by atoms with Gasteiger partial charge >= 0.3 is 0 Å². The Labute approximate surface area is 391 Å². The number of hydrogen-bond acceptors (Lipinski definition) is 7. The van der Waals surface area contributed by atoms with Gasteiger partial charge in [-0.25, -0.2) is 19.9 Å². The van der Waals surface area contributed by atoms with Gasteiger partial charge in [0, 0.05) is 59.8 Å². The van der Waals surface area contributed by atoms with Crippen molar-refractivity contribution in [3.8, 4) is 0 Å². The van der Waals surface area contributed by atoms with Crippen molar-refractivity contribution in [3.63, 3.8) is 0 Å². The first-order valence-corrected chi connectivity index (χ1v) is 23.4. The Morgan fingerprint density at radius 3 is 1.54 bits per heavy atom. The minimum absolute atomic E-state index is 0.0503. The Morgan fingerprint density at radius 1 is 0.415 bits per heavy atom. The monoisotopic (exact) mass is 868 g/mol. The fourth-order valence-electron chi connectivity index (χ4n) is 8.67. The molecule has 340 valence electrons. The Balaban J connectivity index is 0.000000135. The molecule has 0 spiro atoms. The second-order valence-electron chi connectivity index (χ2n) is 22.6. The number of rotatable bonds is 0. The van der Waals surface area contributed by atoms with Crippen LogP contribution >= 0.6 is 0 Å². The lowest BCUT2D eigenvalue weighted by atomic mass is 9.83. The van der Waals surface area contributed by atoms with Crippen LogP contribution in [0.4, 0.5) is 5.69 Å². The van der Waals surface area contributed by atoms with Gasteiger partial charge in [-0.1, -0.05) is 177 Å². The zero-order valence-electron chi connectivity index (χ0n) is 42.1. The summed E-state index contributed by atoms with van der Waals surface area (Å²) in [5.41, 5.74) is 20.0. The van der Waals surface area contributed by atoms with Gasteiger partial charge in [-0.2, -0.15) is 0 Å². The second kappa shape index (κ2) is 19.4. The van der Waals surface area contributed by atoms with E-state index in [0.717, 1.165) is 55.0 Å². The number of benzene rings is 2. The average molecular weight is 868 g/mol. The molecule has 0 saturated heterocycles. The van der Waals surface area contributed by atoms with E-state index in [4.69, 9.17) is 0 Å². The highest BCUT2D eigenvalue weighted by atomic mass is 14.9. The average Bonchev–Trinajstić information content (AvgIpc) is 4.09.